The molecule has 3 rings (SSSR count). The van der Waals surface area contributed by atoms with Gasteiger partial charge in [0.2, 0.25) is 0 Å². The molecule has 23 heavy (non-hydrogen) atoms. The summed E-state index contributed by atoms with van der Waals surface area (Å²) in [5.74, 6) is 1.22. The summed E-state index contributed by atoms with van der Waals surface area (Å²) in [6.07, 6.45) is 4.65. The summed E-state index contributed by atoms with van der Waals surface area (Å²) in [6, 6.07) is 11.6. The maximum atomic E-state index is 11.6. The van der Waals surface area contributed by atoms with Crippen LogP contribution in [0.5, 0.6) is 5.75 Å². The van der Waals surface area contributed by atoms with E-state index in [9.17, 15) is 4.79 Å². The summed E-state index contributed by atoms with van der Waals surface area (Å²) < 4.78 is 10.9. The van der Waals surface area contributed by atoms with Gasteiger partial charge in [0.1, 0.15) is 11.9 Å². The highest BCUT2D eigenvalue weighted by Crippen LogP contribution is 2.27. The molecule has 0 aliphatic carbocycles. The lowest BCUT2D eigenvalue weighted by Gasteiger charge is -2.11. The number of carbonyl (C=O) groups excluding carboxylic acids is 1. The summed E-state index contributed by atoms with van der Waals surface area (Å²) >= 11 is 0. The second-order valence-electron chi connectivity index (χ2n) is 5.70. The van der Waals surface area contributed by atoms with E-state index >= 15 is 0 Å². The molecule has 0 spiro atoms. The first-order valence-electron chi connectivity index (χ1n) is 8.10. The maximum absolute atomic E-state index is 11.6. The monoisotopic (exact) mass is 314 g/mol. The SMILES string of the molecule is O=C(NCCCCNCC1Cc2ccccc2O1)c1ccco1. The Morgan fingerprint density at radius 3 is 2.83 bits per heavy atom. The third-order valence-corrected chi connectivity index (χ3v) is 3.90. The summed E-state index contributed by atoms with van der Waals surface area (Å²) in [6.45, 7) is 2.44. The number of amides is 1. The van der Waals surface area contributed by atoms with Crippen LogP contribution in [0.3, 0.4) is 0 Å². The van der Waals surface area contributed by atoms with E-state index in [1.807, 2.05) is 12.1 Å². The molecule has 1 aliphatic heterocycles. The lowest BCUT2D eigenvalue weighted by Crippen LogP contribution is -2.31. The van der Waals surface area contributed by atoms with Crippen LogP contribution >= 0.6 is 0 Å². The molecular formula is C18H22N2O3. The number of unbranched alkanes of at least 4 members (excludes halogenated alkanes) is 1. The number of fused-ring (bicyclic) bond motifs is 1. The molecule has 2 aromatic rings. The van der Waals surface area contributed by atoms with Crippen LogP contribution in [0.2, 0.25) is 0 Å². The van der Waals surface area contributed by atoms with Gasteiger partial charge in [-0.1, -0.05) is 18.2 Å². The van der Waals surface area contributed by atoms with Crippen molar-refractivity contribution in [2.24, 2.45) is 0 Å². The predicted molar refractivity (Wildman–Crippen MR) is 87.7 cm³/mol. The smallest absolute Gasteiger partial charge is 0.286 e. The molecule has 5 nitrogen and oxygen atoms in total. The van der Waals surface area contributed by atoms with Crippen LogP contribution in [0.25, 0.3) is 0 Å². The van der Waals surface area contributed by atoms with Crippen LogP contribution in [-0.2, 0) is 6.42 Å². The van der Waals surface area contributed by atoms with Crippen molar-refractivity contribution >= 4 is 5.91 Å². The number of ether oxygens (including phenoxy) is 1. The van der Waals surface area contributed by atoms with Crippen LogP contribution in [0.4, 0.5) is 0 Å². The summed E-state index contributed by atoms with van der Waals surface area (Å²) in [7, 11) is 0. The van der Waals surface area contributed by atoms with Gasteiger partial charge in [0, 0.05) is 19.5 Å². The molecule has 1 unspecified atom stereocenters. The van der Waals surface area contributed by atoms with Gasteiger partial charge in [0.15, 0.2) is 5.76 Å². The van der Waals surface area contributed by atoms with Gasteiger partial charge in [-0.15, -0.1) is 0 Å². The highest BCUT2D eigenvalue weighted by Gasteiger charge is 2.21. The van der Waals surface area contributed by atoms with Gasteiger partial charge in [0.25, 0.3) is 5.91 Å². The Hall–Kier alpha value is -2.27. The Morgan fingerprint density at radius 2 is 2.00 bits per heavy atom. The molecule has 2 N–H and O–H groups in total. The molecule has 2 heterocycles. The van der Waals surface area contributed by atoms with Crippen LogP contribution in [0, 0.1) is 0 Å². The molecule has 1 atom stereocenters. The van der Waals surface area contributed by atoms with Crippen molar-refractivity contribution in [1.29, 1.82) is 0 Å². The van der Waals surface area contributed by atoms with Gasteiger partial charge in [-0.25, -0.2) is 0 Å². The minimum atomic E-state index is -0.153. The summed E-state index contributed by atoms with van der Waals surface area (Å²) in [5, 5.41) is 6.27. The maximum Gasteiger partial charge on any atom is 0.286 e. The van der Waals surface area contributed by atoms with E-state index in [0.717, 1.165) is 38.1 Å². The largest absolute Gasteiger partial charge is 0.488 e. The Morgan fingerprint density at radius 1 is 1.13 bits per heavy atom. The number of benzene rings is 1. The summed E-state index contributed by atoms with van der Waals surface area (Å²) in [4.78, 5) is 11.6. The zero-order valence-electron chi connectivity index (χ0n) is 13.1. The van der Waals surface area contributed by atoms with Gasteiger partial charge in [-0.05, 0) is 43.1 Å². The molecule has 1 aliphatic rings. The lowest BCUT2D eigenvalue weighted by atomic mass is 10.1. The zero-order chi connectivity index (χ0) is 15.9. The zero-order valence-corrected chi connectivity index (χ0v) is 13.1. The fourth-order valence-electron chi connectivity index (χ4n) is 2.70. The quantitative estimate of drug-likeness (QED) is 0.734. The Balaban J connectivity index is 1.22. The first kappa shape index (κ1) is 15.6. The average Bonchev–Trinajstić information content (AvgIpc) is 3.22. The first-order valence-corrected chi connectivity index (χ1v) is 8.10. The Labute approximate surface area is 136 Å². The van der Waals surface area contributed by atoms with Crippen LogP contribution in [-0.4, -0.2) is 31.6 Å². The number of furan rings is 1. The van der Waals surface area contributed by atoms with E-state index in [1.54, 1.807) is 12.1 Å². The van der Waals surface area contributed by atoms with Crippen molar-refractivity contribution in [3.05, 3.63) is 54.0 Å². The molecule has 0 saturated carbocycles. The number of hydrogen-bond acceptors (Lipinski definition) is 4. The van der Waals surface area contributed by atoms with E-state index in [1.165, 1.54) is 11.8 Å². The van der Waals surface area contributed by atoms with Gasteiger partial charge in [0.05, 0.1) is 6.26 Å². The van der Waals surface area contributed by atoms with E-state index in [4.69, 9.17) is 9.15 Å². The highest BCUT2D eigenvalue weighted by molar-refractivity contribution is 5.91. The lowest BCUT2D eigenvalue weighted by molar-refractivity contribution is 0.0925. The van der Waals surface area contributed by atoms with Crippen LogP contribution in [0.1, 0.15) is 29.0 Å². The predicted octanol–water partition coefficient (Wildman–Crippen LogP) is 2.38. The first-order chi connectivity index (χ1) is 11.3. The number of para-hydroxylation sites is 1. The van der Waals surface area contributed by atoms with Gasteiger partial charge < -0.3 is 19.8 Å². The minimum Gasteiger partial charge on any atom is -0.488 e. The Bertz CT molecular complexity index is 600. The fraction of sp³-hybridized carbons (Fsp3) is 0.389. The van der Waals surface area contributed by atoms with Crippen molar-refractivity contribution < 1.29 is 13.9 Å². The molecule has 0 radical (unpaired) electrons. The highest BCUT2D eigenvalue weighted by atomic mass is 16.5. The van der Waals surface area contributed by atoms with Gasteiger partial charge in [-0.3, -0.25) is 4.79 Å². The van der Waals surface area contributed by atoms with E-state index in [2.05, 4.69) is 22.8 Å². The molecular weight excluding hydrogens is 292 g/mol. The molecule has 122 valence electrons. The standard InChI is InChI=1S/C18H22N2O3/c21-18(17-8-5-11-22-17)20-10-4-3-9-19-13-15-12-14-6-1-2-7-16(14)23-15/h1-2,5-8,11,15,19H,3-4,9-10,12-13H2,(H,20,21). The molecule has 0 fully saturated rings. The van der Waals surface area contributed by atoms with Crippen molar-refractivity contribution in [2.45, 2.75) is 25.4 Å². The number of nitrogens with one attached hydrogen (secondary N) is 2. The van der Waals surface area contributed by atoms with Crippen molar-refractivity contribution in [3.8, 4) is 5.75 Å². The van der Waals surface area contributed by atoms with Crippen LogP contribution < -0.4 is 15.4 Å². The normalized spacial score (nSPS) is 15.9. The van der Waals surface area contributed by atoms with Crippen molar-refractivity contribution in [3.63, 3.8) is 0 Å². The van der Waals surface area contributed by atoms with Crippen molar-refractivity contribution in [2.75, 3.05) is 19.6 Å². The second-order valence-corrected chi connectivity index (χ2v) is 5.70. The Kier molecular flexibility index (Phi) is 5.32. The summed E-state index contributed by atoms with van der Waals surface area (Å²) in [5.41, 5.74) is 1.29. The average molecular weight is 314 g/mol. The molecule has 0 saturated heterocycles. The van der Waals surface area contributed by atoms with Crippen LogP contribution in [0.15, 0.2) is 47.1 Å². The molecule has 5 heteroatoms. The van der Waals surface area contributed by atoms with E-state index in [0.29, 0.717) is 12.3 Å². The topological polar surface area (TPSA) is 63.5 Å². The number of hydrogen-bond donors (Lipinski definition) is 2. The van der Waals surface area contributed by atoms with E-state index in [-0.39, 0.29) is 12.0 Å². The number of carbonyl (C=O) groups is 1. The fourth-order valence-corrected chi connectivity index (χ4v) is 2.70. The van der Waals surface area contributed by atoms with Crippen molar-refractivity contribution in [1.82, 2.24) is 10.6 Å². The third-order valence-electron chi connectivity index (χ3n) is 3.90. The van der Waals surface area contributed by atoms with Gasteiger partial charge >= 0.3 is 0 Å². The number of rotatable bonds is 8. The molecule has 1 aromatic heterocycles. The van der Waals surface area contributed by atoms with Gasteiger partial charge in [-0.2, -0.15) is 0 Å². The molecule has 0 bridgehead atoms. The molecule has 1 amide bonds. The minimum absolute atomic E-state index is 0.153. The van der Waals surface area contributed by atoms with E-state index < -0.39 is 0 Å². The second kappa shape index (κ2) is 7.83. The molecule has 1 aromatic carbocycles. The third kappa shape index (κ3) is 4.36.